The molecule has 2 heterocycles. The lowest BCUT2D eigenvalue weighted by molar-refractivity contribution is -0.188. The molecule has 0 aromatic carbocycles. The van der Waals surface area contributed by atoms with Crippen molar-refractivity contribution in [1.29, 1.82) is 0 Å². The van der Waals surface area contributed by atoms with Crippen molar-refractivity contribution >= 4 is 11.9 Å². The zero-order chi connectivity index (χ0) is 15.1. The highest BCUT2D eigenvalue weighted by atomic mass is 19.4. The normalized spacial score (nSPS) is 34.5. The Hall–Kier alpha value is -1.31. The van der Waals surface area contributed by atoms with Gasteiger partial charge in [-0.1, -0.05) is 0 Å². The number of rotatable bonds is 2. The van der Waals surface area contributed by atoms with E-state index in [1.54, 1.807) is 6.92 Å². The molecule has 0 saturated carbocycles. The van der Waals surface area contributed by atoms with E-state index in [1.165, 1.54) is 0 Å². The lowest BCUT2D eigenvalue weighted by atomic mass is 9.96. The first kappa shape index (κ1) is 15.1. The number of aliphatic carboxylic acids is 1. The number of carboxylic acid groups (broad SMARTS) is 1. The van der Waals surface area contributed by atoms with Gasteiger partial charge in [-0.25, -0.2) is 0 Å². The Kier molecular flexibility index (Phi) is 3.95. The predicted octanol–water partition coefficient (Wildman–Crippen LogP) is 1.28. The Balaban J connectivity index is 2.08. The molecule has 5 nitrogen and oxygen atoms in total. The van der Waals surface area contributed by atoms with Crippen LogP contribution in [-0.4, -0.2) is 53.4 Å². The standard InChI is InChI=1S/C12H16F3NO4/c1-6-2-3-9(20-6)10(17)16-4-7(11(18)19)8(5-16)12(13,14)15/h6-9H,2-5H2,1H3,(H,18,19)/t6-,7-,8-,9-/m1/s1. The molecule has 2 aliphatic heterocycles. The minimum atomic E-state index is -4.62. The van der Waals surface area contributed by atoms with Crippen LogP contribution in [0, 0.1) is 11.8 Å². The Morgan fingerprint density at radius 2 is 1.90 bits per heavy atom. The van der Waals surface area contributed by atoms with Crippen molar-refractivity contribution in [1.82, 2.24) is 4.90 Å². The number of carbonyl (C=O) groups excluding carboxylic acids is 1. The lowest BCUT2D eigenvalue weighted by Gasteiger charge is -2.21. The van der Waals surface area contributed by atoms with Gasteiger partial charge in [-0.05, 0) is 19.8 Å². The van der Waals surface area contributed by atoms with E-state index in [0.717, 1.165) is 4.90 Å². The Morgan fingerprint density at radius 3 is 2.30 bits per heavy atom. The minimum Gasteiger partial charge on any atom is -0.481 e. The largest absolute Gasteiger partial charge is 0.481 e. The van der Waals surface area contributed by atoms with Gasteiger partial charge in [0.1, 0.15) is 6.10 Å². The van der Waals surface area contributed by atoms with Crippen LogP contribution in [0.25, 0.3) is 0 Å². The molecule has 0 aromatic rings. The van der Waals surface area contributed by atoms with Gasteiger partial charge in [-0.3, -0.25) is 9.59 Å². The molecule has 0 spiro atoms. The highest BCUT2D eigenvalue weighted by Gasteiger charge is 2.54. The number of amides is 1. The molecule has 8 heteroatoms. The molecule has 2 rings (SSSR count). The maximum absolute atomic E-state index is 12.8. The number of hydrogen-bond acceptors (Lipinski definition) is 3. The number of halogens is 3. The zero-order valence-corrected chi connectivity index (χ0v) is 10.9. The van der Waals surface area contributed by atoms with E-state index in [9.17, 15) is 22.8 Å². The minimum absolute atomic E-state index is 0.0970. The summed E-state index contributed by atoms with van der Waals surface area (Å²) in [6.45, 7) is 0.774. The van der Waals surface area contributed by atoms with Gasteiger partial charge in [-0.2, -0.15) is 13.2 Å². The molecule has 0 unspecified atom stereocenters. The number of hydrogen-bond donors (Lipinski definition) is 1. The summed E-state index contributed by atoms with van der Waals surface area (Å²) in [7, 11) is 0. The second-order valence-corrected chi connectivity index (χ2v) is 5.35. The van der Waals surface area contributed by atoms with Crippen molar-refractivity contribution in [3.8, 4) is 0 Å². The second-order valence-electron chi connectivity index (χ2n) is 5.35. The number of alkyl halides is 3. The van der Waals surface area contributed by atoms with E-state index in [1.807, 2.05) is 0 Å². The molecule has 1 amide bonds. The van der Waals surface area contributed by atoms with Gasteiger partial charge in [-0.15, -0.1) is 0 Å². The van der Waals surface area contributed by atoms with E-state index in [2.05, 4.69) is 0 Å². The van der Waals surface area contributed by atoms with Crippen LogP contribution >= 0.6 is 0 Å². The fourth-order valence-electron chi connectivity index (χ4n) is 2.75. The van der Waals surface area contributed by atoms with Crippen LogP contribution in [0.3, 0.4) is 0 Å². The second kappa shape index (κ2) is 5.23. The summed E-state index contributed by atoms with van der Waals surface area (Å²) in [4.78, 5) is 24.0. The molecule has 2 aliphatic rings. The molecular formula is C12H16F3NO4. The highest BCUT2D eigenvalue weighted by Crippen LogP contribution is 2.38. The molecule has 0 aromatic heterocycles. The van der Waals surface area contributed by atoms with Gasteiger partial charge >= 0.3 is 12.1 Å². The SMILES string of the molecule is C[C@@H]1CC[C@H](C(=O)N2C[C@@H](C(F)(F)F)[C@H](C(=O)O)C2)O1. The summed E-state index contributed by atoms with van der Waals surface area (Å²) < 4.78 is 43.8. The molecule has 2 saturated heterocycles. The van der Waals surface area contributed by atoms with Crippen LogP contribution in [0.4, 0.5) is 13.2 Å². The summed E-state index contributed by atoms with van der Waals surface area (Å²) in [5.41, 5.74) is 0. The van der Waals surface area contributed by atoms with Gasteiger partial charge in [0.2, 0.25) is 0 Å². The number of likely N-dealkylation sites (tertiary alicyclic amines) is 1. The smallest absolute Gasteiger partial charge is 0.394 e. The highest BCUT2D eigenvalue weighted by molar-refractivity contribution is 5.83. The van der Waals surface area contributed by atoms with Crippen molar-refractivity contribution in [3.63, 3.8) is 0 Å². The summed E-state index contributed by atoms with van der Waals surface area (Å²) in [6, 6.07) is 0. The Bertz CT molecular complexity index is 412. The first-order valence-electron chi connectivity index (χ1n) is 6.44. The van der Waals surface area contributed by atoms with Crippen LogP contribution in [0.5, 0.6) is 0 Å². The monoisotopic (exact) mass is 295 g/mol. The van der Waals surface area contributed by atoms with E-state index < -0.39 is 49.1 Å². The fourth-order valence-corrected chi connectivity index (χ4v) is 2.75. The number of carboxylic acids is 1. The molecule has 4 atom stereocenters. The van der Waals surface area contributed by atoms with Crippen molar-refractivity contribution in [3.05, 3.63) is 0 Å². The molecule has 20 heavy (non-hydrogen) atoms. The van der Waals surface area contributed by atoms with Gasteiger partial charge in [0.05, 0.1) is 17.9 Å². The van der Waals surface area contributed by atoms with Crippen molar-refractivity contribution in [2.24, 2.45) is 11.8 Å². The van der Waals surface area contributed by atoms with Gasteiger partial charge in [0, 0.05) is 13.1 Å². The fraction of sp³-hybridized carbons (Fsp3) is 0.833. The molecule has 0 radical (unpaired) electrons. The van der Waals surface area contributed by atoms with Gasteiger partial charge < -0.3 is 14.7 Å². The van der Waals surface area contributed by atoms with E-state index in [0.29, 0.717) is 12.8 Å². The average molecular weight is 295 g/mol. The van der Waals surface area contributed by atoms with Crippen molar-refractivity contribution < 1.29 is 32.6 Å². The number of nitrogens with zero attached hydrogens (tertiary/aromatic N) is 1. The zero-order valence-electron chi connectivity index (χ0n) is 10.9. The Morgan fingerprint density at radius 1 is 1.25 bits per heavy atom. The molecule has 0 aliphatic carbocycles. The first-order valence-corrected chi connectivity index (χ1v) is 6.44. The molecule has 2 fully saturated rings. The van der Waals surface area contributed by atoms with Crippen LogP contribution in [0.15, 0.2) is 0 Å². The molecule has 114 valence electrons. The molecule has 1 N–H and O–H groups in total. The van der Waals surface area contributed by atoms with Gasteiger partial charge in [0.25, 0.3) is 5.91 Å². The quantitative estimate of drug-likeness (QED) is 0.833. The van der Waals surface area contributed by atoms with Crippen LogP contribution in [-0.2, 0) is 14.3 Å². The van der Waals surface area contributed by atoms with E-state index >= 15 is 0 Å². The summed E-state index contributed by atoms with van der Waals surface area (Å²) in [5.74, 6) is -5.67. The summed E-state index contributed by atoms with van der Waals surface area (Å²) in [6.07, 6.45) is -4.33. The third kappa shape index (κ3) is 2.89. The lowest BCUT2D eigenvalue weighted by Crippen LogP contribution is -2.38. The molecular weight excluding hydrogens is 279 g/mol. The number of carbonyl (C=O) groups is 2. The van der Waals surface area contributed by atoms with E-state index in [4.69, 9.17) is 9.84 Å². The summed E-state index contributed by atoms with van der Waals surface area (Å²) >= 11 is 0. The third-order valence-electron chi connectivity index (χ3n) is 3.88. The van der Waals surface area contributed by atoms with Crippen LogP contribution in [0.2, 0.25) is 0 Å². The Labute approximate surface area is 113 Å². The number of ether oxygens (including phenoxy) is 1. The maximum atomic E-state index is 12.8. The van der Waals surface area contributed by atoms with E-state index in [-0.39, 0.29) is 6.10 Å². The van der Waals surface area contributed by atoms with Gasteiger partial charge in [0.15, 0.2) is 0 Å². The van der Waals surface area contributed by atoms with Crippen LogP contribution < -0.4 is 0 Å². The first-order chi connectivity index (χ1) is 9.20. The maximum Gasteiger partial charge on any atom is 0.394 e. The topological polar surface area (TPSA) is 66.8 Å². The predicted molar refractivity (Wildman–Crippen MR) is 60.8 cm³/mol. The van der Waals surface area contributed by atoms with Crippen molar-refractivity contribution in [2.75, 3.05) is 13.1 Å². The summed E-state index contributed by atoms with van der Waals surface area (Å²) in [5, 5.41) is 8.88. The third-order valence-corrected chi connectivity index (χ3v) is 3.88. The average Bonchev–Trinajstić information content (AvgIpc) is 2.93. The van der Waals surface area contributed by atoms with Crippen LogP contribution in [0.1, 0.15) is 19.8 Å². The molecule has 0 bridgehead atoms. The van der Waals surface area contributed by atoms with Crippen molar-refractivity contribution in [2.45, 2.75) is 38.1 Å².